The van der Waals surface area contributed by atoms with Gasteiger partial charge in [0.2, 0.25) is 0 Å². The van der Waals surface area contributed by atoms with E-state index in [1.165, 1.54) is 18.4 Å². The lowest BCUT2D eigenvalue weighted by molar-refractivity contribution is 0.0683. The first-order chi connectivity index (χ1) is 13.0. The molecule has 1 rings (SSSR count). The third-order valence-electron chi connectivity index (χ3n) is 4.03. The van der Waals surface area contributed by atoms with Crippen LogP contribution < -0.4 is 5.32 Å². The van der Waals surface area contributed by atoms with Crippen molar-refractivity contribution in [3.8, 4) is 0 Å². The number of hydrogen-bond acceptors (Lipinski definition) is 4. The average Bonchev–Trinajstić information content (AvgIpc) is 2.87. The van der Waals surface area contributed by atoms with Crippen LogP contribution in [0.3, 0.4) is 0 Å². The molecule has 0 radical (unpaired) electrons. The molecule has 3 N–H and O–H groups in total. The van der Waals surface area contributed by atoms with Crippen LogP contribution in [0.1, 0.15) is 27.7 Å². The first kappa shape index (κ1) is 25.0. The van der Waals surface area contributed by atoms with E-state index in [0.29, 0.717) is 13.1 Å². The summed E-state index contributed by atoms with van der Waals surface area (Å²) < 4.78 is 13.5. The van der Waals surface area contributed by atoms with Crippen molar-refractivity contribution < 1.29 is 9.50 Å². The second-order valence-electron chi connectivity index (χ2n) is 6.12. The lowest BCUT2D eigenvalue weighted by Crippen LogP contribution is -2.49. The molecule has 0 bridgehead atoms. The fourth-order valence-corrected chi connectivity index (χ4v) is 2.86. The molecule has 0 saturated carbocycles. The predicted octanol–water partition coefficient (Wildman–Crippen LogP) is 4.23. The summed E-state index contributed by atoms with van der Waals surface area (Å²) in [4.78, 5) is 1.94. The molecule has 0 heterocycles. The maximum Gasteiger partial charge on any atom is 0.122 e. The molecule has 0 spiro atoms. The van der Waals surface area contributed by atoms with Gasteiger partial charge in [0.05, 0.1) is 18.7 Å². The van der Waals surface area contributed by atoms with E-state index < -0.39 is 6.10 Å². The number of hydrogen-bond donors (Lipinski definition) is 3. The van der Waals surface area contributed by atoms with E-state index in [1.807, 2.05) is 50.1 Å². The SMILES string of the molecule is C/C=C/C(C)/C=C\N(CC=N)C([C@H]1C=CC=C(F)C=C1)[C@H](O)CNC.CC. The number of aliphatic hydroxyl groups is 1. The van der Waals surface area contributed by atoms with Crippen LogP contribution in [0.5, 0.6) is 0 Å². The van der Waals surface area contributed by atoms with Crippen molar-refractivity contribution in [1.82, 2.24) is 10.2 Å². The Morgan fingerprint density at radius 1 is 1.33 bits per heavy atom. The van der Waals surface area contributed by atoms with Crippen LogP contribution >= 0.6 is 0 Å². The molecule has 0 amide bonds. The Morgan fingerprint density at radius 3 is 2.63 bits per heavy atom. The van der Waals surface area contributed by atoms with Crippen LogP contribution in [-0.2, 0) is 0 Å². The van der Waals surface area contributed by atoms with Gasteiger partial charge in [-0.15, -0.1) is 0 Å². The van der Waals surface area contributed by atoms with E-state index in [0.717, 1.165) is 0 Å². The van der Waals surface area contributed by atoms with Crippen molar-refractivity contribution in [1.29, 1.82) is 5.41 Å². The van der Waals surface area contributed by atoms with Crippen molar-refractivity contribution in [3.63, 3.8) is 0 Å². The Labute approximate surface area is 164 Å². The van der Waals surface area contributed by atoms with Gasteiger partial charge in [0.15, 0.2) is 0 Å². The molecule has 27 heavy (non-hydrogen) atoms. The summed E-state index contributed by atoms with van der Waals surface area (Å²) in [6.45, 7) is 8.83. The summed E-state index contributed by atoms with van der Waals surface area (Å²) in [5.41, 5.74) is 0. The van der Waals surface area contributed by atoms with Crippen molar-refractivity contribution in [2.24, 2.45) is 11.8 Å². The smallest absolute Gasteiger partial charge is 0.122 e. The number of allylic oxidation sites excluding steroid dienone is 7. The lowest BCUT2D eigenvalue weighted by Gasteiger charge is -2.37. The van der Waals surface area contributed by atoms with Gasteiger partial charge in [-0.3, -0.25) is 0 Å². The van der Waals surface area contributed by atoms with Crippen molar-refractivity contribution in [3.05, 3.63) is 60.6 Å². The topological polar surface area (TPSA) is 59.4 Å². The van der Waals surface area contributed by atoms with Crippen LogP contribution in [-0.4, -0.2) is 48.5 Å². The van der Waals surface area contributed by atoms with E-state index in [4.69, 9.17) is 5.41 Å². The van der Waals surface area contributed by atoms with Crippen LogP contribution in [0.25, 0.3) is 0 Å². The molecule has 0 aliphatic heterocycles. The molecule has 0 saturated heterocycles. The van der Waals surface area contributed by atoms with Gasteiger partial charge < -0.3 is 20.7 Å². The predicted molar refractivity (Wildman–Crippen MR) is 115 cm³/mol. The number of halogens is 1. The maximum absolute atomic E-state index is 13.5. The minimum atomic E-state index is -0.674. The molecule has 5 heteroatoms. The largest absolute Gasteiger partial charge is 0.390 e. The molecule has 4 atom stereocenters. The van der Waals surface area contributed by atoms with Crippen LogP contribution in [0.4, 0.5) is 4.39 Å². The fraction of sp³-hybridized carbons (Fsp3) is 0.500. The Bertz CT molecular complexity index is 552. The minimum absolute atomic E-state index is 0.172. The highest BCUT2D eigenvalue weighted by Crippen LogP contribution is 2.22. The average molecular weight is 378 g/mol. The maximum atomic E-state index is 13.5. The molecule has 152 valence electrons. The molecule has 0 fully saturated rings. The van der Waals surface area contributed by atoms with Gasteiger partial charge in [-0.1, -0.05) is 57.2 Å². The van der Waals surface area contributed by atoms with Gasteiger partial charge in [0, 0.05) is 18.7 Å². The normalized spacial score (nSPS) is 19.8. The molecular weight excluding hydrogens is 341 g/mol. The van der Waals surface area contributed by atoms with Gasteiger partial charge in [-0.2, -0.15) is 0 Å². The summed E-state index contributed by atoms with van der Waals surface area (Å²) in [6.07, 6.45) is 16.8. The highest BCUT2D eigenvalue weighted by Gasteiger charge is 2.29. The number of nitrogens with one attached hydrogen (secondary N) is 2. The Hall–Kier alpha value is -1.98. The molecule has 0 aromatic carbocycles. The van der Waals surface area contributed by atoms with Crippen LogP contribution in [0.15, 0.2) is 60.6 Å². The molecule has 1 aliphatic rings. The van der Waals surface area contributed by atoms with Gasteiger partial charge in [0.25, 0.3) is 0 Å². The first-order valence-corrected chi connectivity index (χ1v) is 9.64. The molecule has 1 aliphatic carbocycles. The number of aliphatic hydroxyl groups excluding tert-OH is 1. The summed E-state index contributed by atoms with van der Waals surface area (Å²) in [7, 11) is 1.78. The zero-order valence-electron chi connectivity index (χ0n) is 17.3. The third kappa shape index (κ3) is 9.50. The standard InChI is InChI=1S/C20H30FN3O.C2H6/c1-4-6-16(2)11-13-24(14-12-22)20(19(25)15-23-3)17-7-5-8-18(21)10-9-17;1-2/h4-13,16-17,19-20,22-23,25H,14-15H2,1-3H3;1-2H3/b6-4+,13-11-,22-12?;/t16?,17-,19+,20?;/m0./s1. The minimum Gasteiger partial charge on any atom is -0.390 e. The molecule has 4 nitrogen and oxygen atoms in total. The molecule has 0 aromatic heterocycles. The van der Waals surface area contributed by atoms with Crippen molar-refractivity contribution in [2.45, 2.75) is 39.8 Å². The summed E-state index contributed by atoms with van der Waals surface area (Å²) in [6, 6.07) is -0.310. The zero-order chi connectivity index (χ0) is 20.7. The first-order valence-electron chi connectivity index (χ1n) is 9.64. The second-order valence-corrected chi connectivity index (χ2v) is 6.12. The van der Waals surface area contributed by atoms with E-state index in [2.05, 4.69) is 18.3 Å². The summed E-state index contributed by atoms with van der Waals surface area (Å²) in [5, 5.41) is 21.2. The van der Waals surface area contributed by atoms with E-state index in [-0.39, 0.29) is 23.7 Å². The van der Waals surface area contributed by atoms with E-state index in [9.17, 15) is 9.50 Å². The number of likely N-dealkylation sites (N-methyl/N-ethyl adjacent to an activating group) is 1. The van der Waals surface area contributed by atoms with Crippen LogP contribution in [0, 0.1) is 17.2 Å². The lowest BCUT2D eigenvalue weighted by atomic mass is 9.92. The van der Waals surface area contributed by atoms with Gasteiger partial charge in [0.1, 0.15) is 5.83 Å². The Kier molecular flexibility index (Phi) is 14.0. The third-order valence-corrected chi connectivity index (χ3v) is 4.03. The summed E-state index contributed by atoms with van der Waals surface area (Å²) >= 11 is 0. The van der Waals surface area contributed by atoms with Gasteiger partial charge in [-0.25, -0.2) is 4.39 Å². The van der Waals surface area contributed by atoms with Crippen molar-refractivity contribution >= 4 is 6.21 Å². The molecule has 2 unspecified atom stereocenters. The fourth-order valence-electron chi connectivity index (χ4n) is 2.86. The zero-order valence-corrected chi connectivity index (χ0v) is 17.3. The Morgan fingerprint density at radius 2 is 2.04 bits per heavy atom. The molecular formula is C22H36FN3O. The van der Waals surface area contributed by atoms with E-state index in [1.54, 1.807) is 19.2 Å². The highest BCUT2D eigenvalue weighted by atomic mass is 19.1. The number of rotatable bonds is 10. The van der Waals surface area contributed by atoms with E-state index >= 15 is 0 Å². The van der Waals surface area contributed by atoms with Gasteiger partial charge >= 0.3 is 0 Å². The quantitative estimate of drug-likeness (QED) is 0.394. The monoisotopic (exact) mass is 377 g/mol. The second kappa shape index (κ2) is 15.1. The van der Waals surface area contributed by atoms with Crippen molar-refractivity contribution in [2.75, 3.05) is 20.1 Å². The summed E-state index contributed by atoms with van der Waals surface area (Å²) in [5.74, 6) is -0.231. The van der Waals surface area contributed by atoms with Crippen LogP contribution in [0.2, 0.25) is 0 Å². The molecule has 0 aromatic rings. The Balaban J connectivity index is 0.00000326. The van der Waals surface area contributed by atoms with Gasteiger partial charge in [-0.05, 0) is 38.2 Å². The number of nitrogens with zero attached hydrogens (tertiary/aromatic N) is 1. The highest BCUT2D eigenvalue weighted by molar-refractivity contribution is 5.56.